The van der Waals surface area contributed by atoms with E-state index >= 15 is 0 Å². The van der Waals surface area contributed by atoms with Crippen molar-refractivity contribution < 1.29 is 18.3 Å². The zero-order chi connectivity index (χ0) is 13.5. The van der Waals surface area contributed by atoms with E-state index in [4.69, 9.17) is 9.47 Å². The topological polar surface area (TPSA) is 30.5 Å². The summed E-state index contributed by atoms with van der Waals surface area (Å²) in [6.45, 7) is 2.58. The number of halogens is 2. The summed E-state index contributed by atoms with van der Waals surface area (Å²) in [5.74, 6) is -1.22. The smallest absolute Gasteiger partial charge is 0.176 e. The van der Waals surface area contributed by atoms with Gasteiger partial charge in [0.2, 0.25) is 0 Å². The molecule has 0 saturated heterocycles. The van der Waals surface area contributed by atoms with E-state index in [1.165, 1.54) is 32.4 Å². The molecule has 0 aliphatic rings. The van der Waals surface area contributed by atoms with E-state index in [1.54, 1.807) is 0 Å². The normalized spacial score (nSPS) is 13.0. The number of hydrogen-bond donors (Lipinski definition) is 1. The molecule has 0 spiro atoms. The van der Waals surface area contributed by atoms with Gasteiger partial charge in [-0.3, -0.25) is 0 Å². The summed E-state index contributed by atoms with van der Waals surface area (Å²) >= 11 is 0. The van der Waals surface area contributed by atoms with Gasteiger partial charge in [-0.05, 0) is 25.1 Å². The summed E-state index contributed by atoms with van der Waals surface area (Å²) in [6, 6.07) is 3.10. The molecule has 0 aliphatic carbocycles. The molecule has 1 aromatic rings. The molecule has 0 aliphatic heterocycles. The lowest BCUT2D eigenvalue weighted by Gasteiger charge is -2.26. The molecule has 5 heteroatoms. The maximum Gasteiger partial charge on any atom is 0.176 e. The molecule has 1 N–H and O–H groups in total. The first kappa shape index (κ1) is 15.0. The Morgan fingerprint density at radius 1 is 1.17 bits per heavy atom. The maximum absolute atomic E-state index is 13.8. The second kappa shape index (κ2) is 7.41. The highest BCUT2D eigenvalue weighted by Crippen LogP contribution is 2.25. The summed E-state index contributed by atoms with van der Waals surface area (Å²) in [6.07, 6.45) is 0.0927. The summed E-state index contributed by atoms with van der Waals surface area (Å²) in [7, 11) is 2.88. The standard InChI is InChI=1S/C13H19F2NO2/c1-4-8-16-12(13(17-2)18-3)11-9(14)6-5-7-10(11)15/h5-7,12-13,16H,4,8H2,1-3H3. The van der Waals surface area contributed by atoms with Gasteiger partial charge in [0, 0.05) is 19.8 Å². The van der Waals surface area contributed by atoms with E-state index in [2.05, 4.69) is 5.32 Å². The largest absolute Gasteiger partial charge is 0.354 e. The minimum atomic E-state index is -0.747. The molecular formula is C13H19F2NO2. The predicted molar refractivity (Wildman–Crippen MR) is 65.2 cm³/mol. The maximum atomic E-state index is 13.8. The highest BCUT2D eigenvalue weighted by atomic mass is 19.1. The summed E-state index contributed by atoms with van der Waals surface area (Å²) in [4.78, 5) is 0. The lowest BCUT2D eigenvalue weighted by atomic mass is 10.0. The van der Waals surface area contributed by atoms with E-state index in [0.29, 0.717) is 6.54 Å². The third-order valence-electron chi connectivity index (χ3n) is 2.66. The SMILES string of the molecule is CCCNC(c1c(F)cccc1F)C(OC)OC. The average molecular weight is 259 g/mol. The number of benzene rings is 1. The summed E-state index contributed by atoms with van der Waals surface area (Å²) in [5, 5.41) is 3.04. The monoisotopic (exact) mass is 259 g/mol. The van der Waals surface area contributed by atoms with Crippen LogP contribution < -0.4 is 5.32 Å². The number of ether oxygens (including phenoxy) is 2. The van der Waals surface area contributed by atoms with Gasteiger partial charge in [0.15, 0.2) is 6.29 Å². The van der Waals surface area contributed by atoms with Crippen LogP contribution in [0.3, 0.4) is 0 Å². The van der Waals surface area contributed by atoms with Crippen molar-refractivity contribution in [2.24, 2.45) is 0 Å². The predicted octanol–water partition coefficient (Wildman–Crippen LogP) is 2.62. The molecule has 1 rings (SSSR count). The molecule has 1 unspecified atom stereocenters. The van der Waals surface area contributed by atoms with Crippen molar-refractivity contribution in [2.75, 3.05) is 20.8 Å². The van der Waals surface area contributed by atoms with Gasteiger partial charge >= 0.3 is 0 Å². The first-order chi connectivity index (χ1) is 8.65. The van der Waals surface area contributed by atoms with E-state index in [1.807, 2.05) is 6.92 Å². The highest BCUT2D eigenvalue weighted by molar-refractivity contribution is 5.24. The highest BCUT2D eigenvalue weighted by Gasteiger charge is 2.27. The van der Waals surface area contributed by atoms with Gasteiger partial charge in [0.25, 0.3) is 0 Å². The molecule has 1 atom stereocenters. The molecule has 3 nitrogen and oxygen atoms in total. The van der Waals surface area contributed by atoms with Crippen molar-refractivity contribution in [1.29, 1.82) is 0 Å². The minimum absolute atomic E-state index is 0.0559. The van der Waals surface area contributed by atoms with Crippen LogP contribution in [0.25, 0.3) is 0 Å². The van der Waals surface area contributed by atoms with Crippen LogP contribution in [-0.2, 0) is 9.47 Å². The first-order valence-corrected chi connectivity index (χ1v) is 5.88. The third-order valence-corrected chi connectivity index (χ3v) is 2.66. The van der Waals surface area contributed by atoms with Gasteiger partial charge in [-0.25, -0.2) is 8.78 Å². The number of hydrogen-bond acceptors (Lipinski definition) is 3. The van der Waals surface area contributed by atoms with Crippen molar-refractivity contribution in [2.45, 2.75) is 25.7 Å². The number of rotatable bonds is 7. The van der Waals surface area contributed by atoms with Crippen LogP contribution in [-0.4, -0.2) is 27.1 Å². The van der Waals surface area contributed by atoms with E-state index in [0.717, 1.165) is 6.42 Å². The van der Waals surface area contributed by atoms with Crippen LogP contribution in [0.15, 0.2) is 18.2 Å². The first-order valence-electron chi connectivity index (χ1n) is 5.88. The van der Waals surface area contributed by atoms with Crippen LogP contribution >= 0.6 is 0 Å². The second-order valence-electron chi connectivity index (χ2n) is 3.91. The minimum Gasteiger partial charge on any atom is -0.354 e. The molecule has 18 heavy (non-hydrogen) atoms. The Labute approximate surface area is 106 Å². The molecule has 0 bridgehead atoms. The summed E-state index contributed by atoms with van der Waals surface area (Å²) in [5.41, 5.74) is -0.0559. The lowest BCUT2D eigenvalue weighted by molar-refractivity contribution is -0.125. The van der Waals surface area contributed by atoms with Crippen molar-refractivity contribution in [3.63, 3.8) is 0 Å². The molecule has 0 saturated carbocycles. The van der Waals surface area contributed by atoms with Crippen LogP contribution in [0.5, 0.6) is 0 Å². The zero-order valence-electron chi connectivity index (χ0n) is 10.9. The molecule has 0 amide bonds. The van der Waals surface area contributed by atoms with Gasteiger partial charge < -0.3 is 14.8 Å². The van der Waals surface area contributed by atoms with E-state index in [-0.39, 0.29) is 5.56 Å². The average Bonchev–Trinajstić information content (AvgIpc) is 2.36. The van der Waals surface area contributed by atoms with Crippen LogP contribution in [0.1, 0.15) is 24.9 Å². The summed E-state index contributed by atoms with van der Waals surface area (Å²) < 4.78 is 37.7. The van der Waals surface area contributed by atoms with Crippen LogP contribution in [0.4, 0.5) is 8.78 Å². The van der Waals surface area contributed by atoms with Gasteiger partial charge in [-0.15, -0.1) is 0 Å². The fourth-order valence-electron chi connectivity index (χ4n) is 1.81. The molecule has 1 aromatic carbocycles. The van der Waals surface area contributed by atoms with Gasteiger partial charge in [0.05, 0.1) is 6.04 Å². The Kier molecular flexibility index (Phi) is 6.18. The zero-order valence-corrected chi connectivity index (χ0v) is 10.9. The van der Waals surface area contributed by atoms with Crippen LogP contribution in [0, 0.1) is 11.6 Å². The molecule has 102 valence electrons. The Bertz CT molecular complexity index is 350. The lowest BCUT2D eigenvalue weighted by Crippen LogP contribution is -2.36. The van der Waals surface area contributed by atoms with Crippen LogP contribution in [0.2, 0.25) is 0 Å². The molecule has 0 radical (unpaired) electrons. The number of nitrogens with one attached hydrogen (secondary N) is 1. The van der Waals surface area contributed by atoms with Crippen molar-refractivity contribution >= 4 is 0 Å². The van der Waals surface area contributed by atoms with E-state index < -0.39 is 24.0 Å². The fraction of sp³-hybridized carbons (Fsp3) is 0.538. The third kappa shape index (κ3) is 3.48. The van der Waals surface area contributed by atoms with Gasteiger partial charge in [-0.2, -0.15) is 0 Å². The Balaban J connectivity index is 3.08. The van der Waals surface area contributed by atoms with Crippen molar-refractivity contribution in [1.82, 2.24) is 5.32 Å². The van der Waals surface area contributed by atoms with E-state index in [9.17, 15) is 8.78 Å². The molecule has 0 fully saturated rings. The van der Waals surface area contributed by atoms with Gasteiger partial charge in [0.1, 0.15) is 11.6 Å². The van der Waals surface area contributed by atoms with Gasteiger partial charge in [-0.1, -0.05) is 13.0 Å². The van der Waals surface area contributed by atoms with Crippen molar-refractivity contribution in [3.05, 3.63) is 35.4 Å². The molecule has 0 aromatic heterocycles. The molecular weight excluding hydrogens is 240 g/mol. The fourth-order valence-corrected chi connectivity index (χ4v) is 1.81. The quantitative estimate of drug-likeness (QED) is 0.764. The molecule has 0 heterocycles. The Hall–Kier alpha value is -1.04. The number of methoxy groups -OCH3 is 2. The van der Waals surface area contributed by atoms with Crippen molar-refractivity contribution in [3.8, 4) is 0 Å². The Morgan fingerprint density at radius 3 is 2.17 bits per heavy atom. The second-order valence-corrected chi connectivity index (χ2v) is 3.91. The Morgan fingerprint density at radius 2 is 1.72 bits per heavy atom.